The molecule has 0 amide bonds. The van der Waals surface area contributed by atoms with E-state index in [0.29, 0.717) is 5.92 Å². The average Bonchev–Trinajstić information content (AvgIpc) is 2.35. The van der Waals surface area contributed by atoms with Crippen LogP contribution < -0.4 is 5.32 Å². The summed E-state index contributed by atoms with van der Waals surface area (Å²) in [5, 5.41) is 2.77. The fourth-order valence-corrected chi connectivity index (χ4v) is 1.59. The number of nitrogens with zero attached hydrogens (tertiary/aromatic N) is 1. The van der Waals surface area contributed by atoms with Gasteiger partial charge in [0.1, 0.15) is 0 Å². The van der Waals surface area contributed by atoms with Gasteiger partial charge in [-0.15, -0.1) is 0 Å². The largest absolute Gasteiger partial charge is 0.311 e. The maximum Gasteiger partial charge on any atom is 0.250 e. The van der Waals surface area contributed by atoms with Gasteiger partial charge in [0.15, 0.2) is 0 Å². The second kappa shape index (κ2) is 4.72. The lowest BCUT2D eigenvalue weighted by Gasteiger charge is -2.10. The molecule has 1 aliphatic heterocycles. The highest BCUT2D eigenvalue weighted by atomic mass is 19.3. The highest BCUT2D eigenvalue weighted by Gasteiger charge is 2.18. The van der Waals surface area contributed by atoms with E-state index in [1.165, 1.54) is 0 Å². The highest BCUT2D eigenvalue weighted by Crippen LogP contribution is 2.12. The smallest absolute Gasteiger partial charge is 0.250 e. The van der Waals surface area contributed by atoms with E-state index < -0.39 is 6.43 Å². The first-order valence-corrected chi connectivity index (χ1v) is 4.36. The Morgan fingerprint density at radius 1 is 1.58 bits per heavy atom. The minimum absolute atomic E-state index is 0.166. The molecule has 0 aliphatic carbocycles. The normalized spacial score (nSPS) is 25.5. The summed E-state index contributed by atoms with van der Waals surface area (Å²) in [7, 11) is 2.06. The molecule has 1 rings (SSSR count). The van der Waals surface area contributed by atoms with Crippen LogP contribution in [0, 0.1) is 5.92 Å². The molecule has 1 unspecified atom stereocenters. The first-order chi connectivity index (χ1) is 5.68. The van der Waals surface area contributed by atoms with E-state index in [9.17, 15) is 8.78 Å². The monoisotopic (exact) mass is 178 g/mol. The zero-order chi connectivity index (χ0) is 8.97. The van der Waals surface area contributed by atoms with Crippen molar-refractivity contribution < 1.29 is 8.78 Å². The van der Waals surface area contributed by atoms with E-state index in [4.69, 9.17) is 0 Å². The van der Waals surface area contributed by atoms with Crippen LogP contribution in [0.25, 0.3) is 0 Å². The Balaban J connectivity index is 2.00. The number of nitrogens with one attached hydrogen (secondary N) is 1. The Morgan fingerprint density at radius 2 is 2.33 bits per heavy atom. The Morgan fingerprint density at radius 3 is 2.83 bits per heavy atom. The van der Waals surface area contributed by atoms with Crippen molar-refractivity contribution in [3.05, 3.63) is 0 Å². The van der Waals surface area contributed by atoms with Gasteiger partial charge in [0.2, 0.25) is 0 Å². The van der Waals surface area contributed by atoms with Gasteiger partial charge in [-0.25, -0.2) is 8.78 Å². The molecule has 72 valence electrons. The van der Waals surface area contributed by atoms with E-state index in [1.807, 2.05) is 0 Å². The second-order valence-electron chi connectivity index (χ2n) is 3.47. The molecule has 0 spiro atoms. The average molecular weight is 178 g/mol. The molecule has 0 aromatic carbocycles. The second-order valence-corrected chi connectivity index (χ2v) is 3.47. The van der Waals surface area contributed by atoms with Gasteiger partial charge in [0.05, 0.1) is 6.54 Å². The fourth-order valence-electron chi connectivity index (χ4n) is 1.59. The molecular formula is C8H16F2N2. The summed E-state index contributed by atoms with van der Waals surface area (Å²) >= 11 is 0. The Hall–Kier alpha value is -0.220. The number of hydrogen-bond donors (Lipinski definition) is 1. The molecule has 0 aromatic heterocycles. The third-order valence-electron chi connectivity index (χ3n) is 2.22. The van der Waals surface area contributed by atoms with Crippen LogP contribution in [0.3, 0.4) is 0 Å². The summed E-state index contributed by atoms with van der Waals surface area (Å²) in [5.41, 5.74) is 0. The van der Waals surface area contributed by atoms with Crippen LogP contribution in [0.4, 0.5) is 8.78 Å². The van der Waals surface area contributed by atoms with E-state index in [2.05, 4.69) is 17.3 Å². The maximum atomic E-state index is 11.7. The molecule has 2 nitrogen and oxygen atoms in total. The standard InChI is InChI=1S/C8H16F2N2/c1-12-3-2-7(6-12)4-11-5-8(9)10/h7-8,11H,2-6H2,1H3. The molecule has 0 radical (unpaired) electrons. The van der Waals surface area contributed by atoms with Gasteiger partial charge in [0.25, 0.3) is 6.43 Å². The minimum atomic E-state index is -2.22. The molecular weight excluding hydrogens is 162 g/mol. The number of rotatable bonds is 4. The Kier molecular flexibility index (Phi) is 3.88. The van der Waals surface area contributed by atoms with Gasteiger partial charge in [-0.3, -0.25) is 0 Å². The summed E-state index contributed by atoms with van der Waals surface area (Å²) in [6, 6.07) is 0. The van der Waals surface area contributed by atoms with Gasteiger partial charge < -0.3 is 10.2 Å². The van der Waals surface area contributed by atoms with Gasteiger partial charge in [-0.1, -0.05) is 0 Å². The molecule has 1 heterocycles. The van der Waals surface area contributed by atoms with Crippen molar-refractivity contribution in [2.45, 2.75) is 12.8 Å². The van der Waals surface area contributed by atoms with Gasteiger partial charge in [0, 0.05) is 6.54 Å². The molecule has 4 heteroatoms. The van der Waals surface area contributed by atoms with Crippen LogP contribution in [0.1, 0.15) is 6.42 Å². The van der Waals surface area contributed by atoms with Crippen molar-refractivity contribution in [1.82, 2.24) is 10.2 Å². The Bertz CT molecular complexity index is 130. The van der Waals surface area contributed by atoms with Crippen molar-refractivity contribution in [3.63, 3.8) is 0 Å². The molecule has 1 N–H and O–H groups in total. The summed E-state index contributed by atoms with van der Waals surface area (Å²) in [6.45, 7) is 2.70. The molecule has 0 aromatic rings. The predicted octanol–water partition coefficient (Wildman–Crippen LogP) is 0.793. The maximum absolute atomic E-state index is 11.7. The zero-order valence-electron chi connectivity index (χ0n) is 7.39. The van der Waals surface area contributed by atoms with Gasteiger partial charge >= 0.3 is 0 Å². The van der Waals surface area contributed by atoms with Crippen LogP contribution in [0.2, 0.25) is 0 Å². The van der Waals surface area contributed by atoms with Crippen LogP contribution in [0.15, 0.2) is 0 Å². The van der Waals surface area contributed by atoms with Crippen molar-refractivity contribution in [2.75, 3.05) is 33.2 Å². The summed E-state index contributed by atoms with van der Waals surface area (Å²) < 4.78 is 23.4. The number of alkyl halides is 2. The lowest BCUT2D eigenvalue weighted by molar-refractivity contribution is 0.144. The van der Waals surface area contributed by atoms with E-state index in [0.717, 1.165) is 26.1 Å². The molecule has 1 saturated heterocycles. The first kappa shape index (κ1) is 9.86. The molecule has 1 aliphatic rings. The highest BCUT2D eigenvalue weighted by molar-refractivity contribution is 4.74. The first-order valence-electron chi connectivity index (χ1n) is 4.36. The molecule has 0 bridgehead atoms. The number of hydrogen-bond acceptors (Lipinski definition) is 2. The number of likely N-dealkylation sites (tertiary alicyclic amines) is 1. The minimum Gasteiger partial charge on any atom is -0.311 e. The summed E-state index contributed by atoms with van der Waals surface area (Å²) in [5.74, 6) is 0.564. The SMILES string of the molecule is CN1CCC(CNCC(F)F)C1. The van der Waals surface area contributed by atoms with Crippen molar-refractivity contribution in [1.29, 1.82) is 0 Å². The molecule has 0 saturated carbocycles. The van der Waals surface area contributed by atoms with Crippen molar-refractivity contribution in [2.24, 2.45) is 5.92 Å². The van der Waals surface area contributed by atoms with E-state index in [-0.39, 0.29) is 6.54 Å². The lowest BCUT2D eigenvalue weighted by atomic mass is 10.1. The molecule has 1 atom stereocenters. The van der Waals surface area contributed by atoms with Crippen molar-refractivity contribution >= 4 is 0 Å². The summed E-state index contributed by atoms with van der Waals surface area (Å²) in [6.07, 6.45) is -1.09. The van der Waals surface area contributed by atoms with Gasteiger partial charge in [-0.05, 0) is 32.5 Å². The zero-order valence-corrected chi connectivity index (χ0v) is 7.39. The third-order valence-corrected chi connectivity index (χ3v) is 2.22. The number of halogens is 2. The Labute approximate surface area is 71.9 Å². The fraction of sp³-hybridized carbons (Fsp3) is 1.00. The third kappa shape index (κ3) is 3.45. The van der Waals surface area contributed by atoms with Crippen LogP contribution in [0.5, 0.6) is 0 Å². The van der Waals surface area contributed by atoms with Crippen molar-refractivity contribution in [3.8, 4) is 0 Å². The van der Waals surface area contributed by atoms with Gasteiger partial charge in [-0.2, -0.15) is 0 Å². The van der Waals surface area contributed by atoms with Crippen LogP contribution >= 0.6 is 0 Å². The van der Waals surface area contributed by atoms with Crippen LogP contribution in [-0.4, -0.2) is 44.6 Å². The topological polar surface area (TPSA) is 15.3 Å². The van der Waals surface area contributed by atoms with E-state index >= 15 is 0 Å². The van der Waals surface area contributed by atoms with E-state index in [1.54, 1.807) is 0 Å². The molecule has 12 heavy (non-hydrogen) atoms. The van der Waals surface area contributed by atoms with Crippen LogP contribution in [-0.2, 0) is 0 Å². The summed E-state index contributed by atoms with van der Waals surface area (Å²) in [4.78, 5) is 2.23. The molecule has 1 fully saturated rings. The quantitative estimate of drug-likeness (QED) is 0.684. The predicted molar refractivity (Wildman–Crippen MR) is 44.5 cm³/mol. The lowest BCUT2D eigenvalue weighted by Crippen LogP contribution is -2.28.